The van der Waals surface area contributed by atoms with E-state index in [0.717, 1.165) is 11.3 Å². The number of hydrogen-bond acceptors (Lipinski definition) is 2. The second-order valence-corrected chi connectivity index (χ2v) is 4.49. The topological polar surface area (TPSA) is 20.2 Å². The van der Waals surface area contributed by atoms with Gasteiger partial charge in [0.25, 0.3) is 0 Å². The second-order valence-electron chi connectivity index (χ2n) is 3.40. The number of allylic oxidation sites excluding steroid dienone is 1. The molecule has 0 radical (unpaired) electrons. The van der Waals surface area contributed by atoms with Crippen molar-refractivity contribution in [2.45, 2.75) is 25.3 Å². The van der Waals surface area contributed by atoms with Gasteiger partial charge in [0.1, 0.15) is 0 Å². The zero-order valence-corrected chi connectivity index (χ0v) is 9.47. The largest absolute Gasteiger partial charge is 0.392 e. The van der Waals surface area contributed by atoms with Gasteiger partial charge < -0.3 is 5.11 Å². The molecule has 1 nitrogen and oxygen atoms in total. The molecule has 1 aromatic carbocycles. The first kappa shape index (κ1) is 11.3. The van der Waals surface area contributed by atoms with Gasteiger partial charge in [0, 0.05) is 10.6 Å². The van der Waals surface area contributed by atoms with Crippen LogP contribution >= 0.6 is 11.8 Å². The average molecular weight is 208 g/mol. The summed E-state index contributed by atoms with van der Waals surface area (Å²) in [4.78, 5) is 1.22. The first-order valence-electron chi connectivity index (χ1n) is 4.68. The lowest BCUT2D eigenvalue weighted by molar-refractivity contribution is 0.281. The van der Waals surface area contributed by atoms with Gasteiger partial charge in [-0.25, -0.2) is 0 Å². The van der Waals surface area contributed by atoms with Crippen molar-refractivity contribution in [1.82, 2.24) is 0 Å². The maximum Gasteiger partial charge on any atom is 0.0682 e. The molecule has 1 aromatic rings. The fraction of sp³-hybridized carbons (Fsp3) is 0.333. The Balaban J connectivity index is 2.54. The van der Waals surface area contributed by atoms with Crippen molar-refractivity contribution in [3.8, 4) is 0 Å². The third-order valence-electron chi connectivity index (χ3n) is 1.82. The summed E-state index contributed by atoms with van der Waals surface area (Å²) in [5.74, 6) is 0.997. The van der Waals surface area contributed by atoms with Gasteiger partial charge in [-0.15, -0.1) is 11.8 Å². The molecule has 14 heavy (non-hydrogen) atoms. The number of thioether (sulfide) groups is 1. The fourth-order valence-electron chi connectivity index (χ4n) is 1.04. The van der Waals surface area contributed by atoms with E-state index in [2.05, 4.69) is 26.0 Å². The monoisotopic (exact) mass is 208 g/mol. The molecule has 0 aliphatic carbocycles. The van der Waals surface area contributed by atoms with Crippen molar-refractivity contribution in [1.29, 1.82) is 0 Å². The molecule has 0 aromatic heterocycles. The highest BCUT2D eigenvalue weighted by Gasteiger charge is 1.94. The van der Waals surface area contributed by atoms with Crippen LogP contribution in [0.4, 0.5) is 0 Å². The molecule has 0 atom stereocenters. The molecule has 0 bridgehead atoms. The van der Waals surface area contributed by atoms with Crippen molar-refractivity contribution in [2.24, 2.45) is 0 Å². The van der Waals surface area contributed by atoms with Gasteiger partial charge in [-0.1, -0.05) is 23.8 Å². The fourth-order valence-corrected chi connectivity index (χ4v) is 2.06. The van der Waals surface area contributed by atoms with Crippen molar-refractivity contribution in [3.63, 3.8) is 0 Å². The van der Waals surface area contributed by atoms with Crippen LogP contribution in [-0.2, 0) is 6.61 Å². The number of hydrogen-bond donors (Lipinski definition) is 1. The van der Waals surface area contributed by atoms with Gasteiger partial charge in [0.05, 0.1) is 6.61 Å². The van der Waals surface area contributed by atoms with Crippen LogP contribution in [-0.4, -0.2) is 10.9 Å². The van der Waals surface area contributed by atoms with Gasteiger partial charge in [0.15, 0.2) is 0 Å². The van der Waals surface area contributed by atoms with E-state index in [-0.39, 0.29) is 6.61 Å². The Bertz CT molecular complexity index is 314. The molecule has 0 spiro atoms. The van der Waals surface area contributed by atoms with E-state index < -0.39 is 0 Å². The van der Waals surface area contributed by atoms with E-state index >= 15 is 0 Å². The predicted molar refractivity (Wildman–Crippen MR) is 62.5 cm³/mol. The zero-order chi connectivity index (χ0) is 10.4. The van der Waals surface area contributed by atoms with Crippen molar-refractivity contribution in [3.05, 3.63) is 41.5 Å². The van der Waals surface area contributed by atoms with E-state index in [1.165, 1.54) is 10.5 Å². The standard InChI is InChI=1S/C12H16OS/c1-10(2)6-7-14-12-5-3-4-11(8-12)9-13/h3-6,8,13H,7,9H2,1-2H3. The Morgan fingerprint density at radius 3 is 2.86 bits per heavy atom. The summed E-state index contributed by atoms with van der Waals surface area (Å²) in [7, 11) is 0. The summed E-state index contributed by atoms with van der Waals surface area (Å²) in [6.45, 7) is 4.33. The van der Waals surface area contributed by atoms with Gasteiger partial charge in [-0.05, 0) is 31.5 Å². The van der Waals surface area contributed by atoms with E-state index in [4.69, 9.17) is 5.11 Å². The molecule has 76 valence electrons. The maximum atomic E-state index is 8.95. The first-order chi connectivity index (χ1) is 6.72. The van der Waals surface area contributed by atoms with Crippen LogP contribution in [0.2, 0.25) is 0 Å². The number of benzene rings is 1. The SMILES string of the molecule is CC(C)=CCSc1cccc(CO)c1. The summed E-state index contributed by atoms with van der Waals surface area (Å²) in [5.41, 5.74) is 2.32. The minimum absolute atomic E-state index is 0.122. The highest BCUT2D eigenvalue weighted by atomic mass is 32.2. The third kappa shape index (κ3) is 3.99. The smallest absolute Gasteiger partial charge is 0.0682 e. The molecular weight excluding hydrogens is 192 g/mol. The zero-order valence-electron chi connectivity index (χ0n) is 8.66. The number of aliphatic hydroxyl groups excluding tert-OH is 1. The Morgan fingerprint density at radius 2 is 2.21 bits per heavy atom. The normalized spacial score (nSPS) is 9.93. The van der Waals surface area contributed by atoms with Crippen LogP contribution < -0.4 is 0 Å². The Labute approximate surface area is 89.8 Å². The molecule has 0 unspecified atom stereocenters. The number of rotatable bonds is 4. The van der Waals surface area contributed by atoms with Crippen LogP contribution in [0.1, 0.15) is 19.4 Å². The van der Waals surface area contributed by atoms with Crippen LogP contribution in [0.3, 0.4) is 0 Å². The maximum absolute atomic E-state index is 8.95. The highest BCUT2D eigenvalue weighted by molar-refractivity contribution is 7.99. The molecule has 0 heterocycles. The molecule has 1 rings (SSSR count). The van der Waals surface area contributed by atoms with Crippen molar-refractivity contribution in [2.75, 3.05) is 5.75 Å². The molecule has 0 fully saturated rings. The van der Waals surface area contributed by atoms with Gasteiger partial charge in [-0.3, -0.25) is 0 Å². The Kier molecular flexibility index (Phi) is 4.77. The average Bonchev–Trinajstić information content (AvgIpc) is 2.18. The summed E-state index contributed by atoms with van der Waals surface area (Å²) < 4.78 is 0. The minimum Gasteiger partial charge on any atom is -0.392 e. The molecule has 0 saturated heterocycles. The quantitative estimate of drug-likeness (QED) is 0.605. The van der Waals surface area contributed by atoms with Crippen molar-refractivity contribution < 1.29 is 5.11 Å². The molecule has 2 heteroatoms. The summed E-state index contributed by atoms with van der Waals surface area (Å²) in [5, 5.41) is 8.95. The second kappa shape index (κ2) is 5.89. The molecule has 0 amide bonds. The van der Waals surface area contributed by atoms with Crippen molar-refractivity contribution >= 4 is 11.8 Å². The van der Waals surface area contributed by atoms with Crippen LogP contribution in [0, 0.1) is 0 Å². The molecular formula is C12H16OS. The lowest BCUT2D eigenvalue weighted by Gasteiger charge is -2.01. The Morgan fingerprint density at radius 1 is 1.43 bits per heavy atom. The van der Waals surface area contributed by atoms with Gasteiger partial charge >= 0.3 is 0 Å². The molecule has 0 aliphatic rings. The lowest BCUT2D eigenvalue weighted by Crippen LogP contribution is -1.83. The summed E-state index contributed by atoms with van der Waals surface area (Å²) >= 11 is 1.79. The van der Waals surface area contributed by atoms with Crippen LogP contribution in [0.5, 0.6) is 0 Å². The van der Waals surface area contributed by atoms with E-state index in [1.807, 2.05) is 18.2 Å². The van der Waals surface area contributed by atoms with E-state index in [1.54, 1.807) is 11.8 Å². The third-order valence-corrected chi connectivity index (χ3v) is 2.74. The number of aliphatic hydroxyl groups is 1. The van der Waals surface area contributed by atoms with Crippen LogP contribution in [0.15, 0.2) is 40.8 Å². The molecule has 0 aliphatic heterocycles. The predicted octanol–water partition coefficient (Wildman–Crippen LogP) is 3.24. The molecule has 1 N–H and O–H groups in total. The summed E-state index contributed by atoms with van der Waals surface area (Å²) in [6, 6.07) is 8.02. The van der Waals surface area contributed by atoms with Crippen LogP contribution in [0.25, 0.3) is 0 Å². The van der Waals surface area contributed by atoms with Gasteiger partial charge in [0.2, 0.25) is 0 Å². The first-order valence-corrected chi connectivity index (χ1v) is 5.67. The lowest BCUT2D eigenvalue weighted by atomic mass is 10.2. The van der Waals surface area contributed by atoms with E-state index in [9.17, 15) is 0 Å². The minimum atomic E-state index is 0.122. The Hall–Kier alpha value is -0.730. The van der Waals surface area contributed by atoms with Gasteiger partial charge in [-0.2, -0.15) is 0 Å². The van der Waals surface area contributed by atoms with E-state index in [0.29, 0.717) is 0 Å². The highest BCUT2D eigenvalue weighted by Crippen LogP contribution is 2.19. The molecule has 0 saturated carbocycles. The summed E-state index contributed by atoms with van der Waals surface area (Å²) in [6.07, 6.45) is 2.20.